The number of unbranched alkanes of at least 4 members (excludes halogenated alkanes) is 2. The molecule has 0 radical (unpaired) electrons. The number of rotatable bonds is 6. The van der Waals surface area contributed by atoms with Crippen LogP contribution in [0, 0.1) is 0 Å². The van der Waals surface area contributed by atoms with Crippen LogP contribution >= 0.6 is 0 Å². The molecule has 0 aromatic carbocycles. The molecule has 108 valence electrons. The number of carbonyl (C=O) groups excluding carboxylic acids is 1. The van der Waals surface area contributed by atoms with E-state index in [0.717, 1.165) is 30.7 Å². The van der Waals surface area contributed by atoms with Gasteiger partial charge in [-0.1, -0.05) is 25.8 Å². The van der Waals surface area contributed by atoms with Crippen molar-refractivity contribution in [3.63, 3.8) is 0 Å². The smallest absolute Gasteiger partial charge is 0.315 e. The molecule has 0 aliphatic carbocycles. The van der Waals surface area contributed by atoms with Crippen molar-refractivity contribution in [3.8, 4) is 0 Å². The maximum atomic E-state index is 11.8. The van der Waals surface area contributed by atoms with Crippen LogP contribution in [0.1, 0.15) is 45.0 Å². The van der Waals surface area contributed by atoms with Crippen LogP contribution in [0.2, 0.25) is 0 Å². The molecule has 0 saturated carbocycles. The first-order valence-corrected chi connectivity index (χ1v) is 7.06. The van der Waals surface area contributed by atoms with Crippen LogP contribution in [-0.4, -0.2) is 27.2 Å². The molecule has 0 aliphatic heterocycles. The first-order valence-electron chi connectivity index (χ1n) is 7.06. The summed E-state index contributed by atoms with van der Waals surface area (Å²) in [5, 5.41) is 13.9. The van der Waals surface area contributed by atoms with Crippen LogP contribution < -0.4 is 10.6 Å². The van der Waals surface area contributed by atoms with Crippen molar-refractivity contribution in [2.45, 2.75) is 39.2 Å². The van der Waals surface area contributed by atoms with Crippen LogP contribution in [0.4, 0.5) is 4.79 Å². The van der Waals surface area contributed by atoms with Gasteiger partial charge in [0, 0.05) is 12.7 Å². The summed E-state index contributed by atoms with van der Waals surface area (Å²) in [6.07, 6.45) is 5.17. The van der Waals surface area contributed by atoms with E-state index in [9.17, 15) is 4.79 Å². The summed E-state index contributed by atoms with van der Waals surface area (Å²) in [4.78, 5) is 11.8. The SMILES string of the molecule is CCCCCNC(=O)NC(C)c1nnc2ccccn12. The average Bonchev–Trinajstić information content (AvgIpc) is 2.87. The second-order valence-corrected chi connectivity index (χ2v) is 4.82. The molecule has 2 heterocycles. The Morgan fingerprint density at radius 1 is 1.35 bits per heavy atom. The Bertz CT molecular complexity index is 565. The van der Waals surface area contributed by atoms with E-state index in [2.05, 4.69) is 27.8 Å². The number of amides is 2. The number of hydrogen-bond donors (Lipinski definition) is 2. The zero-order valence-corrected chi connectivity index (χ0v) is 12.0. The fraction of sp³-hybridized carbons (Fsp3) is 0.500. The Kier molecular flexibility index (Phi) is 4.92. The van der Waals surface area contributed by atoms with E-state index in [0.29, 0.717) is 6.54 Å². The number of nitrogens with one attached hydrogen (secondary N) is 2. The minimum Gasteiger partial charge on any atom is -0.338 e. The van der Waals surface area contributed by atoms with Gasteiger partial charge in [-0.2, -0.15) is 0 Å². The predicted octanol–water partition coefficient (Wildman–Crippen LogP) is 2.28. The largest absolute Gasteiger partial charge is 0.338 e. The van der Waals surface area contributed by atoms with Crippen molar-refractivity contribution < 1.29 is 4.79 Å². The molecule has 2 amide bonds. The van der Waals surface area contributed by atoms with Crippen LogP contribution in [0.15, 0.2) is 24.4 Å². The highest BCUT2D eigenvalue weighted by molar-refractivity contribution is 5.74. The summed E-state index contributed by atoms with van der Waals surface area (Å²) in [6.45, 7) is 4.74. The Morgan fingerprint density at radius 3 is 3.00 bits per heavy atom. The van der Waals surface area contributed by atoms with Crippen molar-refractivity contribution in [2.24, 2.45) is 0 Å². The quantitative estimate of drug-likeness (QED) is 0.794. The topological polar surface area (TPSA) is 71.3 Å². The Hall–Kier alpha value is -2.11. The number of hydrogen-bond acceptors (Lipinski definition) is 3. The monoisotopic (exact) mass is 275 g/mol. The van der Waals surface area contributed by atoms with Crippen LogP contribution in [0.3, 0.4) is 0 Å². The van der Waals surface area contributed by atoms with E-state index in [4.69, 9.17) is 0 Å². The highest BCUT2D eigenvalue weighted by Gasteiger charge is 2.15. The summed E-state index contributed by atoms with van der Waals surface area (Å²) in [7, 11) is 0. The molecular weight excluding hydrogens is 254 g/mol. The predicted molar refractivity (Wildman–Crippen MR) is 77.5 cm³/mol. The average molecular weight is 275 g/mol. The fourth-order valence-electron chi connectivity index (χ4n) is 2.04. The maximum absolute atomic E-state index is 11.8. The molecule has 20 heavy (non-hydrogen) atoms. The molecule has 0 saturated heterocycles. The summed E-state index contributed by atoms with van der Waals surface area (Å²) < 4.78 is 1.88. The van der Waals surface area contributed by atoms with Crippen molar-refractivity contribution in [1.29, 1.82) is 0 Å². The lowest BCUT2D eigenvalue weighted by Crippen LogP contribution is -2.38. The Balaban J connectivity index is 1.91. The van der Waals surface area contributed by atoms with Gasteiger partial charge in [0.1, 0.15) is 0 Å². The van der Waals surface area contributed by atoms with E-state index in [1.165, 1.54) is 0 Å². The minimum absolute atomic E-state index is 0.165. The number of fused-ring (bicyclic) bond motifs is 1. The molecule has 0 aliphatic rings. The van der Waals surface area contributed by atoms with E-state index < -0.39 is 0 Å². The number of urea groups is 1. The zero-order valence-electron chi connectivity index (χ0n) is 12.0. The summed E-state index contributed by atoms with van der Waals surface area (Å²) in [5.41, 5.74) is 0.777. The van der Waals surface area contributed by atoms with Crippen LogP contribution in [0.25, 0.3) is 5.65 Å². The first kappa shape index (κ1) is 14.3. The van der Waals surface area contributed by atoms with Gasteiger partial charge in [0.25, 0.3) is 0 Å². The Morgan fingerprint density at radius 2 is 2.20 bits per heavy atom. The van der Waals surface area contributed by atoms with Gasteiger partial charge in [0.15, 0.2) is 11.5 Å². The van der Waals surface area contributed by atoms with E-state index >= 15 is 0 Å². The molecule has 2 aromatic heterocycles. The second-order valence-electron chi connectivity index (χ2n) is 4.82. The van der Waals surface area contributed by atoms with Crippen molar-refractivity contribution in [2.75, 3.05) is 6.54 Å². The highest BCUT2D eigenvalue weighted by Crippen LogP contribution is 2.11. The molecule has 2 rings (SSSR count). The van der Waals surface area contributed by atoms with Gasteiger partial charge >= 0.3 is 6.03 Å². The third-order valence-corrected chi connectivity index (χ3v) is 3.14. The molecular formula is C14H21N5O. The van der Waals surface area contributed by atoms with Gasteiger partial charge in [0.2, 0.25) is 0 Å². The third kappa shape index (κ3) is 3.46. The van der Waals surface area contributed by atoms with Gasteiger partial charge in [-0.05, 0) is 25.5 Å². The van der Waals surface area contributed by atoms with Gasteiger partial charge in [0.05, 0.1) is 6.04 Å². The molecule has 6 nitrogen and oxygen atoms in total. The zero-order chi connectivity index (χ0) is 14.4. The van der Waals surface area contributed by atoms with Crippen molar-refractivity contribution in [1.82, 2.24) is 25.2 Å². The number of aromatic nitrogens is 3. The minimum atomic E-state index is -0.196. The molecule has 2 N–H and O–H groups in total. The lowest BCUT2D eigenvalue weighted by Gasteiger charge is -2.13. The van der Waals surface area contributed by atoms with Gasteiger partial charge in [-0.15, -0.1) is 10.2 Å². The van der Waals surface area contributed by atoms with Gasteiger partial charge < -0.3 is 10.6 Å². The van der Waals surface area contributed by atoms with Crippen LogP contribution in [-0.2, 0) is 0 Å². The molecule has 1 unspecified atom stereocenters. The first-order chi connectivity index (χ1) is 9.72. The molecule has 1 atom stereocenters. The lowest BCUT2D eigenvalue weighted by atomic mass is 10.2. The summed E-state index contributed by atoms with van der Waals surface area (Å²) in [5.74, 6) is 0.726. The van der Waals surface area contributed by atoms with Crippen LogP contribution in [0.5, 0.6) is 0 Å². The molecule has 0 spiro atoms. The standard InChI is InChI=1S/C14H21N5O/c1-3-4-6-9-15-14(20)16-11(2)13-18-17-12-8-5-7-10-19(12)13/h5,7-8,10-11H,3-4,6,9H2,1-2H3,(H2,15,16,20). The molecule has 0 bridgehead atoms. The number of pyridine rings is 1. The van der Waals surface area contributed by atoms with E-state index in [1.807, 2.05) is 35.7 Å². The lowest BCUT2D eigenvalue weighted by molar-refractivity contribution is 0.237. The second kappa shape index (κ2) is 6.88. The Labute approximate surface area is 118 Å². The normalized spacial score (nSPS) is 12.3. The fourth-order valence-corrected chi connectivity index (χ4v) is 2.04. The third-order valence-electron chi connectivity index (χ3n) is 3.14. The maximum Gasteiger partial charge on any atom is 0.315 e. The van der Waals surface area contributed by atoms with Gasteiger partial charge in [-0.25, -0.2) is 4.79 Å². The molecule has 6 heteroatoms. The van der Waals surface area contributed by atoms with Crippen molar-refractivity contribution in [3.05, 3.63) is 30.2 Å². The number of nitrogens with zero attached hydrogens (tertiary/aromatic N) is 3. The summed E-state index contributed by atoms with van der Waals surface area (Å²) in [6, 6.07) is 5.34. The number of carbonyl (C=O) groups is 1. The van der Waals surface area contributed by atoms with E-state index in [1.54, 1.807) is 0 Å². The molecule has 2 aromatic rings. The van der Waals surface area contributed by atoms with E-state index in [-0.39, 0.29) is 12.1 Å². The summed E-state index contributed by atoms with van der Waals surface area (Å²) >= 11 is 0. The van der Waals surface area contributed by atoms with Crippen molar-refractivity contribution >= 4 is 11.7 Å². The molecule has 0 fully saturated rings. The van der Waals surface area contributed by atoms with Gasteiger partial charge in [-0.3, -0.25) is 4.40 Å². The highest BCUT2D eigenvalue weighted by atomic mass is 16.2.